The Hall–Kier alpha value is 0.0300. The Morgan fingerprint density at radius 3 is 2.35 bits per heavy atom. The van der Waals surface area contributed by atoms with E-state index in [1.807, 2.05) is 27.0 Å². The minimum absolute atomic E-state index is 0. The minimum atomic E-state index is -0.464. The van der Waals surface area contributed by atoms with Gasteiger partial charge in [0.1, 0.15) is 0 Å². The molecule has 0 aromatic heterocycles. The molecule has 6 heteroatoms. The lowest BCUT2D eigenvalue weighted by molar-refractivity contribution is -0.124. The van der Waals surface area contributed by atoms with E-state index < -0.39 is 6.04 Å². The van der Waals surface area contributed by atoms with Crippen LogP contribution in [0.3, 0.4) is 0 Å². The quantitative estimate of drug-likeness (QED) is 0.652. The number of aliphatic hydroxyl groups is 1. The van der Waals surface area contributed by atoms with Crippen molar-refractivity contribution in [3.8, 4) is 0 Å². The van der Waals surface area contributed by atoms with Crippen LogP contribution in [0.2, 0.25) is 0 Å². The second-order valence-corrected chi connectivity index (χ2v) is 5.24. The molecule has 0 spiro atoms. The molecule has 4 N–H and O–H groups in total. The SMILES string of the molecule is CCC(C)C(N)C(=O)NC(C)C(CO)SC.Cl. The molecule has 0 fully saturated rings. The molecule has 0 aliphatic rings. The van der Waals surface area contributed by atoms with Crippen LogP contribution in [0.5, 0.6) is 0 Å². The van der Waals surface area contributed by atoms with Crippen molar-refractivity contribution in [2.75, 3.05) is 12.9 Å². The highest BCUT2D eigenvalue weighted by atomic mass is 35.5. The first kappa shape index (κ1) is 19.4. The number of rotatable bonds is 7. The number of carbonyl (C=O) groups is 1. The normalized spacial score (nSPS) is 17.5. The predicted molar refractivity (Wildman–Crippen MR) is 76.7 cm³/mol. The number of halogens is 1. The summed E-state index contributed by atoms with van der Waals surface area (Å²) in [5.74, 6) is 0.0448. The lowest BCUT2D eigenvalue weighted by Gasteiger charge is -2.25. The van der Waals surface area contributed by atoms with Crippen LogP contribution >= 0.6 is 24.2 Å². The zero-order valence-corrected chi connectivity index (χ0v) is 12.6. The van der Waals surface area contributed by atoms with Crippen LogP contribution in [0, 0.1) is 5.92 Å². The number of amides is 1. The monoisotopic (exact) mass is 284 g/mol. The van der Waals surface area contributed by atoms with Gasteiger partial charge in [0.2, 0.25) is 5.91 Å². The molecule has 0 saturated carbocycles. The number of nitrogens with two attached hydrogens (primary N) is 1. The molecule has 4 unspecified atom stereocenters. The van der Waals surface area contributed by atoms with Crippen LogP contribution in [0.15, 0.2) is 0 Å². The Kier molecular flexibility index (Phi) is 11.4. The van der Waals surface area contributed by atoms with Gasteiger partial charge in [0, 0.05) is 11.3 Å². The van der Waals surface area contributed by atoms with E-state index in [1.165, 1.54) is 0 Å². The summed E-state index contributed by atoms with van der Waals surface area (Å²) in [6, 6.07) is -0.531. The number of carbonyl (C=O) groups excluding carboxylic acids is 1. The maximum absolute atomic E-state index is 11.8. The number of nitrogens with one attached hydrogen (secondary N) is 1. The lowest BCUT2D eigenvalue weighted by atomic mass is 9.99. The van der Waals surface area contributed by atoms with Gasteiger partial charge in [0.25, 0.3) is 0 Å². The third-order valence-electron chi connectivity index (χ3n) is 2.97. The third-order valence-corrected chi connectivity index (χ3v) is 4.13. The zero-order valence-electron chi connectivity index (χ0n) is 11.0. The maximum Gasteiger partial charge on any atom is 0.237 e. The highest BCUT2D eigenvalue weighted by Crippen LogP contribution is 2.11. The number of aliphatic hydroxyl groups excluding tert-OH is 1. The Bertz CT molecular complexity index is 216. The van der Waals surface area contributed by atoms with E-state index in [0.29, 0.717) is 0 Å². The first-order valence-electron chi connectivity index (χ1n) is 5.67. The van der Waals surface area contributed by atoms with Crippen molar-refractivity contribution in [1.29, 1.82) is 0 Å². The fourth-order valence-corrected chi connectivity index (χ4v) is 1.99. The second-order valence-electron chi connectivity index (χ2n) is 4.17. The standard InChI is InChI=1S/C11H24N2O2S.ClH/c1-5-7(2)10(12)11(15)13-8(3)9(6-14)16-4;/h7-10,14H,5-6,12H2,1-4H3,(H,13,15);1H. The molecule has 0 aromatic rings. The van der Waals surface area contributed by atoms with Gasteiger partial charge in [-0.25, -0.2) is 0 Å². The van der Waals surface area contributed by atoms with Crippen molar-refractivity contribution < 1.29 is 9.90 Å². The molecule has 0 aliphatic carbocycles. The van der Waals surface area contributed by atoms with Gasteiger partial charge in [-0.15, -0.1) is 12.4 Å². The topological polar surface area (TPSA) is 75.4 Å². The largest absolute Gasteiger partial charge is 0.395 e. The van der Waals surface area contributed by atoms with Gasteiger partial charge in [0.05, 0.1) is 12.6 Å². The molecule has 0 bridgehead atoms. The molecule has 17 heavy (non-hydrogen) atoms. The van der Waals surface area contributed by atoms with Crippen molar-refractivity contribution >= 4 is 30.1 Å². The summed E-state index contributed by atoms with van der Waals surface area (Å²) in [6.07, 6.45) is 2.80. The fourth-order valence-electron chi connectivity index (χ4n) is 1.36. The molecule has 0 heterocycles. The molecule has 1 amide bonds. The van der Waals surface area contributed by atoms with Crippen LogP contribution < -0.4 is 11.1 Å². The van der Waals surface area contributed by atoms with Gasteiger partial charge in [-0.1, -0.05) is 20.3 Å². The van der Waals surface area contributed by atoms with Crippen molar-refractivity contribution in [1.82, 2.24) is 5.32 Å². The first-order valence-corrected chi connectivity index (χ1v) is 6.96. The molecule has 4 atom stereocenters. The molecular formula is C11H25ClN2O2S. The summed E-state index contributed by atoms with van der Waals surface area (Å²) in [7, 11) is 0. The maximum atomic E-state index is 11.8. The Balaban J connectivity index is 0. The van der Waals surface area contributed by atoms with Crippen molar-refractivity contribution in [2.45, 2.75) is 44.5 Å². The summed E-state index contributed by atoms with van der Waals surface area (Å²) in [4.78, 5) is 11.8. The molecule has 0 rings (SSSR count). The number of hydrogen-bond acceptors (Lipinski definition) is 4. The minimum Gasteiger partial charge on any atom is -0.395 e. The van der Waals surface area contributed by atoms with Crippen molar-refractivity contribution in [2.24, 2.45) is 11.7 Å². The summed E-state index contributed by atoms with van der Waals surface area (Å²) in [5, 5.41) is 12.0. The third kappa shape index (κ3) is 6.50. The van der Waals surface area contributed by atoms with Crippen LogP contribution in [0.4, 0.5) is 0 Å². The van der Waals surface area contributed by atoms with Crippen LogP contribution in [0.25, 0.3) is 0 Å². The molecule has 0 aliphatic heterocycles. The Morgan fingerprint density at radius 2 is 2.00 bits per heavy atom. The smallest absolute Gasteiger partial charge is 0.237 e. The highest BCUT2D eigenvalue weighted by Gasteiger charge is 2.23. The van der Waals surface area contributed by atoms with E-state index in [2.05, 4.69) is 5.32 Å². The van der Waals surface area contributed by atoms with E-state index in [9.17, 15) is 4.79 Å². The van der Waals surface area contributed by atoms with Crippen LogP contribution in [-0.4, -0.2) is 41.2 Å². The van der Waals surface area contributed by atoms with E-state index in [0.717, 1.165) is 6.42 Å². The Labute approximate surface area is 115 Å². The van der Waals surface area contributed by atoms with Gasteiger partial charge in [-0.2, -0.15) is 11.8 Å². The Morgan fingerprint density at radius 1 is 1.47 bits per heavy atom. The number of hydrogen-bond donors (Lipinski definition) is 3. The van der Waals surface area contributed by atoms with Crippen LogP contribution in [-0.2, 0) is 4.79 Å². The summed E-state index contributed by atoms with van der Waals surface area (Å²) in [5.41, 5.74) is 5.82. The lowest BCUT2D eigenvalue weighted by Crippen LogP contribution is -2.50. The van der Waals surface area contributed by atoms with Crippen molar-refractivity contribution in [3.63, 3.8) is 0 Å². The molecular weight excluding hydrogens is 260 g/mol. The van der Waals surface area contributed by atoms with E-state index in [-0.39, 0.29) is 42.1 Å². The van der Waals surface area contributed by atoms with Gasteiger partial charge in [0.15, 0.2) is 0 Å². The number of thioether (sulfide) groups is 1. The fraction of sp³-hybridized carbons (Fsp3) is 0.909. The average Bonchev–Trinajstić information content (AvgIpc) is 2.28. The van der Waals surface area contributed by atoms with Gasteiger partial charge >= 0.3 is 0 Å². The van der Waals surface area contributed by atoms with E-state index in [1.54, 1.807) is 11.8 Å². The second kappa shape index (κ2) is 10.00. The van der Waals surface area contributed by atoms with Crippen LogP contribution in [0.1, 0.15) is 27.2 Å². The first-order chi connectivity index (χ1) is 7.47. The predicted octanol–water partition coefficient (Wildman–Crippen LogP) is 1.01. The molecule has 0 saturated heterocycles. The summed E-state index contributed by atoms with van der Waals surface area (Å²) >= 11 is 1.54. The summed E-state index contributed by atoms with van der Waals surface area (Å²) in [6.45, 7) is 5.92. The highest BCUT2D eigenvalue weighted by molar-refractivity contribution is 7.99. The zero-order chi connectivity index (χ0) is 12.7. The van der Waals surface area contributed by atoms with E-state index >= 15 is 0 Å². The van der Waals surface area contributed by atoms with Gasteiger partial charge in [-0.3, -0.25) is 4.79 Å². The van der Waals surface area contributed by atoms with E-state index in [4.69, 9.17) is 10.8 Å². The average molecular weight is 285 g/mol. The van der Waals surface area contributed by atoms with Gasteiger partial charge in [-0.05, 0) is 19.1 Å². The van der Waals surface area contributed by atoms with Gasteiger partial charge < -0.3 is 16.2 Å². The summed E-state index contributed by atoms with van der Waals surface area (Å²) < 4.78 is 0. The molecule has 0 aromatic carbocycles. The molecule has 0 radical (unpaired) electrons. The molecule has 4 nitrogen and oxygen atoms in total. The van der Waals surface area contributed by atoms with Crippen molar-refractivity contribution in [3.05, 3.63) is 0 Å². The molecule has 104 valence electrons.